The Balaban J connectivity index is 2.43. The molecule has 0 aliphatic heterocycles. The first kappa shape index (κ1) is 11.2. The van der Waals surface area contributed by atoms with Crippen LogP contribution in [0.4, 0.5) is 0 Å². The van der Waals surface area contributed by atoms with Crippen LogP contribution in [0.2, 0.25) is 0 Å². The summed E-state index contributed by atoms with van der Waals surface area (Å²) in [5, 5.41) is 4.41. The van der Waals surface area contributed by atoms with Crippen LogP contribution in [0.1, 0.15) is 37.9 Å². The molecule has 1 heterocycles. The number of aromatic nitrogens is 2. The topological polar surface area (TPSA) is 43.8 Å². The standard InChI is InChI=1S/C11H21N3/c1-9(2)5-4-6-14-8-11(7-12)10(3)13-14/h8-9H,4-7,12H2,1-3H3. The van der Waals surface area contributed by atoms with Crippen LogP contribution in [-0.4, -0.2) is 9.78 Å². The second-order valence-corrected chi connectivity index (χ2v) is 4.24. The van der Waals surface area contributed by atoms with Gasteiger partial charge >= 0.3 is 0 Å². The van der Waals surface area contributed by atoms with E-state index in [1.807, 2.05) is 11.6 Å². The highest BCUT2D eigenvalue weighted by Gasteiger charge is 2.02. The zero-order chi connectivity index (χ0) is 10.6. The molecular weight excluding hydrogens is 174 g/mol. The van der Waals surface area contributed by atoms with E-state index < -0.39 is 0 Å². The van der Waals surface area contributed by atoms with E-state index in [1.165, 1.54) is 12.8 Å². The maximum Gasteiger partial charge on any atom is 0.0638 e. The fraction of sp³-hybridized carbons (Fsp3) is 0.727. The van der Waals surface area contributed by atoms with Crippen LogP contribution in [0.3, 0.4) is 0 Å². The molecule has 2 N–H and O–H groups in total. The van der Waals surface area contributed by atoms with Gasteiger partial charge in [-0.3, -0.25) is 4.68 Å². The molecule has 3 nitrogen and oxygen atoms in total. The van der Waals surface area contributed by atoms with Gasteiger partial charge in [0.2, 0.25) is 0 Å². The molecule has 0 bridgehead atoms. The van der Waals surface area contributed by atoms with Crippen LogP contribution >= 0.6 is 0 Å². The molecule has 1 rings (SSSR count). The summed E-state index contributed by atoms with van der Waals surface area (Å²) in [5.41, 5.74) is 7.82. The van der Waals surface area contributed by atoms with Gasteiger partial charge in [-0.25, -0.2) is 0 Å². The fourth-order valence-corrected chi connectivity index (χ4v) is 1.54. The molecule has 0 spiro atoms. The quantitative estimate of drug-likeness (QED) is 0.781. The normalized spacial score (nSPS) is 11.2. The van der Waals surface area contributed by atoms with E-state index in [4.69, 9.17) is 5.73 Å². The number of hydrogen-bond donors (Lipinski definition) is 1. The lowest BCUT2D eigenvalue weighted by atomic mass is 10.1. The lowest BCUT2D eigenvalue weighted by molar-refractivity contribution is 0.488. The number of aryl methyl sites for hydroxylation is 2. The summed E-state index contributed by atoms with van der Waals surface area (Å²) in [6.07, 6.45) is 4.52. The summed E-state index contributed by atoms with van der Waals surface area (Å²) in [6.45, 7) is 8.12. The third-order valence-electron chi connectivity index (χ3n) is 2.44. The van der Waals surface area contributed by atoms with Crippen molar-refractivity contribution in [3.63, 3.8) is 0 Å². The van der Waals surface area contributed by atoms with Crippen LogP contribution in [0.15, 0.2) is 6.20 Å². The van der Waals surface area contributed by atoms with E-state index in [1.54, 1.807) is 0 Å². The molecule has 80 valence electrons. The molecule has 0 radical (unpaired) electrons. The molecule has 0 amide bonds. The van der Waals surface area contributed by atoms with Crippen molar-refractivity contribution >= 4 is 0 Å². The molecule has 3 heteroatoms. The van der Waals surface area contributed by atoms with Crippen molar-refractivity contribution in [2.24, 2.45) is 11.7 Å². The summed E-state index contributed by atoms with van der Waals surface area (Å²) in [6, 6.07) is 0. The van der Waals surface area contributed by atoms with Crippen molar-refractivity contribution < 1.29 is 0 Å². The van der Waals surface area contributed by atoms with E-state index in [-0.39, 0.29) is 0 Å². The van der Waals surface area contributed by atoms with E-state index in [2.05, 4.69) is 25.1 Å². The molecule has 1 aromatic rings. The largest absolute Gasteiger partial charge is 0.326 e. The minimum absolute atomic E-state index is 0.593. The molecular formula is C11H21N3. The number of nitrogens with zero attached hydrogens (tertiary/aromatic N) is 2. The van der Waals surface area contributed by atoms with Gasteiger partial charge in [-0.05, 0) is 25.7 Å². The number of nitrogens with two attached hydrogens (primary N) is 1. The Morgan fingerprint density at radius 3 is 2.71 bits per heavy atom. The van der Waals surface area contributed by atoms with Gasteiger partial charge in [0.1, 0.15) is 0 Å². The van der Waals surface area contributed by atoms with Crippen LogP contribution < -0.4 is 5.73 Å². The minimum Gasteiger partial charge on any atom is -0.326 e. The van der Waals surface area contributed by atoms with Gasteiger partial charge in [0.25, 0.3) is 0 Å². The molecule has 0 fully saturated rings. The van der Waals surface area contributed by atoms with Gasteiger partial charge in [-0.2, -0.15) is 5.10 Å². The maximum absolute atomic E-state index is 5.59. The summed E-state index contributed by atoms with van der Waals surface area (Å²) >= 11 is 0. The lowest BCUT2D eigenvalue weighted by Gasteiger charge is -2.03. The van der Waals surface area contributed by atoms with Crippen LogP contribution in [0, 0.1) is 12.8 Å². The third kappa shape index (κ3) is 3.14. The molecule has 0 atom stereocenters. The van der Waals surface area contributed by atoms with Gasteiger partial charge in [0.05, 0.1) is 5.69 Å². The molecule has 0 aliphatic rings. The average Bonchev–Trinajstić information content (AvgIpc) is 2.45. The summed E-state index contributed by atoms with van der Waals surface area (Å²) in [4.78, 5) is 0. The second-order valence-electron chi connectivity index (χ2n) is 4.24. The van der Waals surface area contributed by atoms with Gasteiger partial charge < -0.3 is 5.73 Å². The van der Waals surface area contributed by atoms with Crippen LogP contribution in [0.5, 0.6) is 0 Å². The first-order chi connectivity index (χ1) is 6.63. The smallest absolute Gasteiger partial charge is 0.0638 e. The molecule has 0 saturated heterocycles. The first-order valence-electron chi connectivity index (χ1n) is 5.36. The SMILES string of the molecule is Cc1nn(CCCC(C)C)cc1CN. The average molecular weight is 195 g/mol. The van der Waals surface area contributed by atoms with E-state index in [9.17, 15) is 0 Å². The maximum atomic E-state index is 5.59. The summed E-state index contributed by atoms with van der Waals surface area (Å²) in [7, 11) is 0. The highest BCUT2D eigenvalue weighted by molar-refractivity contribution is 5.14. The Morgan fingerprint density at radius 2 is 2.21 bits per heavy atom. The van der Waals surface area contributed by atoms with E-state index >= 15 is 0 Å². The Morgan fingerprint density at radius 1 is 1.50 bits per heavy atom. The molecule has 0 aliphatic carbocycles. The van der Waals surface area contributed by atoms with Gasteiger partial charge in [0.15, 0.2) is 0 Å². The zero-order valence-corrected chi connectivity index (χ0v) is 9.45. The first-order valence-corrected chi connectivity index (χ1v) is 5.36. The van der Waals surface area contributed by atoms with Crippen molar-refractivity contribution in [2.45, 2.75) is 46.7 Å². The molecule has 0 saturated carbocycles. The van der Waals surface area contributed by atoms with Crippen LogP contribution in [0.25, 0.3) is 0 Å². The fourth-order valence-electron chi connectivity index (χ4n) is 1.54. The predicted molar refractivity (Wildman–Crippen MR) is 58.9 cm³/mol. The molecule has 0 aromatic carbocycles. The number of rotatable bonds is 5. The molecule has 14 heavy (non-hydrogen) atoms. The Bertz CT molecular complexity index is 276. The van der Waals surface area contributed by atoms with Crippen molar-refractivity contribution in [3.8, 4) is 0 Å². The van der Waals surface area contributed by atoms with E-state index in [0.29, 0.717) is 6.54 Å². The second kappa shape index (κ2) is 5.15. The third-order valence-corrected chi connectivity index (χ3v) is 2.44. The Kier molecular flexibility index (Phi) is 4.14. The Hall–Kier alpha value is -0.830. The minimum atomic E-state index is 0.593. The van der Waals surface area contributed by atoms with Crippen LogP contribution in [-0.2, 0) is 13.1 Å². The molecule has 1 aromatic heterocycles. The molecule has 0 unspecified atom stereocenters. The van der Waals surface area contributed by atoms with Gasteiger partial charge in [0, 0.05) is 24.8 Å². The Labute approximate surface area is 86.3 Å². The van der Waals surface area contributed by atoms with Crippen molar-refractivity contribution in [3.05, 3.63) is 17.5 Å². The summed E-state index contributed by atoms with van der Waals surface area (Å²) in [5.74, 6) is 0.778. The highest BCUT2D eigenvalue weighted by atomic mass is 15.3. The van der Waals surface area contributed by atoms with Crippen molar-refractivity contribution in [2.75, 3.05) is 0 Å². The van der Waals surface area contributed by atoms with Gasteiger partial charge in [-0.1, -0.05) is 13.8 Å². The van der Waals surface area contributed by atoms with Crippen molar-refractivity contribution in [1.29, 1.82) is 0 Å². The van der Waals surface area contributed by atoms with Crippen molar-refractivity contribution in [1.82, 2.24) is 9.78 Å². The van der Waals surface area contributed by atoms with Gasteiger partial charge in [-0.15, -0.1) is 0 Å². The lowest BCUT2D eigenvalue weighted by Crippen LogP contribution is -2.00. The zero-order valence-electron chi connectivity index (χ0n) is 9.45. The number of hydrogen-bond acceptors (Lipinski definition) is 2. The highest BCUT2D eigenvalue weighted by Crippen LogP contribution is 2.08. The predicted octanol–water partition coefficient (Wildman–Crippen LogP) is 2.09. The van der Waals surface area contributed by atoms with E-state index in [0.717, 1.165) is 23.7 Å². The summed E-state index contributed by atoms with van der Waals surface area (Å²) < 4.78 is 2.01. The monoisotopic (exact) mass is 195 g/mol.